The summed E-state index contributed by atoms with van der Waals surface area (Å²) in [6.45, 7) is 2.45. The van der Waals surface area contributed by atoms with Crippen molar-refractivity contribution in [2.24, 2.45) is 5.73 Å². The van der Waals surface area contributed by atoms with Crippen molar-refractivity contribution in [1.29, 1.82) is 5.41 Å². The van der Waals surface area contributed by atoms with Crippen molar-refractivity contribution in [3.05, 3.63) is 59.7 Å². The van der Waals surface area contributed by atoms with E-state index >= 15 is 0 Å². The fourth-order valence-electron chi connectivity index (χ4n) is 3.91. The molecule has 184 valence electrons. The largest absolute Gasteiger partial charge is 0.384 e. The Hall–Kier alpha value is -3.80. The summed E-state index contributed by atoms with van der Waals surface area (Å²) in [5.74, 6) is -1.57. The Morgan fingerprint density at radius 1 is 1.00 bits per heavy atom. The van der Waals surface area contributed by atoms with Gasteiger partial charge in [0, 0.05) is 42.1 Å². The molecule has 11 heteroatoms. The summed E-state index contributed by atoms with van der Waals surface area (Å²) >= 11 is 0. The smallest absolute Gasteiger partial charge is 0.259 e. The molecule has 5 N–H and O–H groups in total. The van der Waals surface area contributed by atoms with Gasteiger partial charge in [-0.25, -0.2) is 0 Å². The van der Waals surface area contributed by atoms with Crippen LogP contribution in [0.1, 0.15) is 15.9 Å². The lowest BCUT2D eigenvalue weighted by molar-refractivity contribution is -0.150. The Morgan fingerprint density at radius 3 is 2.26 bits per heavy atom. The molecule has 0 aliphatic carbocycles. The van der Waals surface area contributed by atoms with Gasteiger partial charge in [-0.05, 0) is 48.5 Å². The standard InChI is InChI=1S/C24H27N5O6/c25-21(26)15-1-5-17(6-2-15)27-22(31)19(30)20-24(33)29(11-14-35-20)18-7-3-16(4-8-18)23(32)28-9-12-34-13-10-28/h1-8,19-20,30H,9-14H2,(H3,25,26)(H,27,31)/t19-,20-/m1/s1. The molecule has 11 nitrogen and oxygen atoms in total. The Kier molecular flexibility index (Phi) is 7.39. The zero-order valence-electron chi connectivity index (χ0n) is 19.0. The van der Waals surface area contributed by atoms with E-state index in [1.165, 1.54) is 17.0 Å². The number of hydrogen-bond acceptors (Lipinski definition) is 7. The maximum atomic E-state index is 13.0. The van der Waals surface area contributed by atoms with Gasteiger partial charge in [0.15, 0.2) is 12.2 Å². The molecular weight excluding hydrogens is 454 g/mol. The molecule has 0 bridgehead atoms. The number of aliphatic hydroxyl groups excluding tert-OH is 1. The van der Waals surface area contributed by atoms with Crippen LogP contribution in [0.15, 0.2) is 48.5 Å². The van der Waals surface area contributed by atoms with Gasteiger partial charge in [0.25, 0.3) is 17.7 Å². The summed E-state index contributed by atoms with van der Waals surface area (Å²) in [7, 11) is 0. The first-order chi connectivity index (χ1) is 16.8. The highest BCUT2D eigenvalue weighted by Crippen LogP contribution is 2.22. The van der Waals surface area contributed by atoms with Crippen molar-refractivity contribution in [2.45, 2.75) is 12.2 Å². The molecule has 0 spiro atoms. The number of hydrogen-bond donors (Lipinski definition) is 4. The molecule has 0 radical (unpaired) electrons. The van der Waals surface area contributed by atoms with Gasteiger partial charge >= 0.3 is 0 Å². The Balaban J connectivity index is 1.40. The van der Waals surface area contributed by atoms with Gasteiger partial charge in [-0.1, -0.05) is 0 Å². The van der Waals surface area contributed by atoms with Crippen LogP contribution >= 0.6 is 0 Å². The third-order valence-electron chi connectivity index (χ3n) is 5.86. The van der Waals surface area contributed by atoms with E-state index in [1.807, 2.05) is 0 Å². The lowest BCUT2D eigenvalue weighted by Crippen LogP contribution is -2.55. The van der Waals surface area contributed by atoms with E-state index in [1.54, 1.807) is 41.3 Å². The molecule has 0 saturated carbocycles. The number of nitrogen functional groups attached to an aromatic ring is 1. The number of nitrogens with zero attached hydrogens (tertiary/aromatic N) is 2. The van der Waals surface area contributed by atoms with Crippen LogP contribution in [0.3, 0.4) is 0 Å². The number of benzene rings is 2. The highest BCUT2D eigenvalue weighted by Gasteiger charge is 2.39. The van der Waals surface area contributed by atoms with E-state index in [-0.39, 0.29) is 24.9 Å². The number of amides is 3. The van der Waals surface area contributed by atoms with Crippen molar-refractivity contribution in [3.8, 4) is 0 Å². The number of rotatable bonds is 6. The molecule has 2 aliphatic rings. The van der Waals surface area contributed by atoms with E-state index < -0.39 is 24.0 Å². The minimum atomic E-state index is -1.74. The molecule has 35 heavy (non-hydrogen) atoms. The molecule has 2 fully saturated rings. The summed E-state index contributed by atoms with van der Waals surface area (Å²) in [6, 6.07) is 12.8. The second-order valence-corrected chi connectivity index (χ2v) is 8.16. The molecule has 0 unspecified atom stereocenters. The lowest BCUT2D eigenvalue weighted by Gasteiger charge is -2.34. The van der Waals surface area contributed by atoms with Gasteiger partial charge < -0.3 is 35.4 Å². The second-order valence-electron chi connectivity index (χ2n) is 8.16. The first kappa shape index (κ1) is 24.3. The maximum Gasteiger partial charge on any atom is 0.259 e. The average Bonchev–Trinajstić information content (AvgIpc) is 2.89. The summed E-state index contributed by atoms with van der Waals surface area (Å²) in [6.07, 6.45) is -3.12. The van der Waals surface area contributed by atoms with Gasteiger partial charge in [0.2, 0.25) is 0 Å². The van der Waals surface area contributed by atoms with Gasteiger partial charge in [0.05, 0.1) is 19.8 Å². The van der Waals surface area contributed by atoms with Crippen molar-refractivity contribution >= 4 is 34.9 Å². The van der Waals surface area contributed by atoms with Crippen LogP contribution in [-0.4, -0.2) is 85.2 Å². The summed E-state index contributed by atoms with van der Waals surface area (Å²) in [5, 5.41) is 20.5. The SMILES string of the molecule is N=C(N)c1ccc(NC(=O)[C@H](O)[C@H]2OCCN(c3ccc(C(=O)N4CCOCC4)cc3)C2=O)cc1. The average molecular weight is 482 g/mol. The fourth-order valence-corrected chi connectivity index (χ4v) is 3.91. The number of ether oxygens (including phenoxy) is 2. The van der Waals surface area contributed by atoms with Crippen LogP contribution in [-0.2, 0) is 19.1 Å². The van der Waals surface area contributed by atoms with Gasteiger partial charge in [-0.15, -0.1) is 0 Å². The molecule has 2 saturated heterocycles. The van der Waals surface area contributed by atoms with E-state index in [0.29, 0.717) is 48.8 Å². The van der Waals surface area contributed by atoms with Crippen LogP contribution in [0, 0.1) is 5.41 Å². The predicted octanol–water partition coefficient (Wildman–Crippen LogP) is 0.174. The monoisotopic (exact) mass is 481 g/mol. The van der Waals surface area contributed by atoms with E-state index in [9.17, 15) is 19.5 Å². The molecule has 2 aliphatic heterocycles. The number of amidine groups is 1. The number of nitrogens with one attached hydrogen (secondary N) is 2. The summed E-state index contributed by atoms with van der Waals surface area (Å²) in [5.41, 5.74) is 7.32. The number of aliphatic hydroxyl groups is 1. The number of morpholine rings is 2. The number of carbonyl (C=O) groups excluding carboxylic acids is 3. The molecule has 2 heterocycles. The maximum absolute atomic E-state index is 13.0. The third kappa shape index (κ3) is 5.48. The fraction of sp³-hybridized carbons (Fsp3) is 0.333. The van der Waals surface area contributed by atoms with E-state index in [2.05, 4.69) is 5.32 Å². The third-order valence-corrected chi connectivity index (χ3v) is 5.86. The molecule has 2 atom stereocenters. The molecule has 3 amide bonds. The Bertz CT molecular complexity index is 1100. The highest BCUT2D eigenvalue weighted by atomic mass is 16.5. The zero-order valence-corrected chi connectivity index (χ0v) is 19.0. The van der Waals surface area contributed by atoms with Crippen LogP contribution in [0.4, 0.5) is 11.4 Å². The quantitative estimate of drug-likeness (QED) is 0.338. The molecular formula is C24H27N5O6. The van der Waals surface area contributed by atoms with Gasteiger partial charge in [-0.2, -0.15) is 0 Å². The van der Waals surface area contributed by atoms with E-state index in [0.717, 1.165) is 0 Å². The van der Waals surface area contributed by atoms with Gasteiger partial charge in [0.1, 0.15) is 5.84 Å². The van der Waals surface area contributed by atoms with Crippen LogP contribution in [0.25, 0.3) is 0 Å². The topological polar surface area (TPSA) is 158 Å². The van der Waals surface area contributed by atoms with Crippen LogP contribution in [0.2, 0.25) is 0 Å². The normalized spacial score (nSPS) is 19.2. The van der Waals surface area contributed by atoms with Crippen LogP contribution in [0.5, 0.6) is 0 Å². The molecule has 4 rings (SSSR count). The van der Waals surface area contributed by atoms with E-state index in [4.69, 9.17) is 20.6 Å². The molecule has 2 aromatic rings. The van der Waals surface area contributed by atoms with Crippen molar-refractivity contribution in [1.82, 2.24) is 4.90 Å². The van der Waals surface area contributed by atoms with Crippen LogP contribution < -0.4 is 16.0 Å². The lowest BCUT2D eigenvalue weighted by atomic mass is 10.1. The number of nitrogens with two attached hydrogens (primary N) is 1. The highest BCUT2D eigenvalue weighted by molar-refractivity contribution is 6.04. The van der Waals surface area contributed by atoms with Crippen molar-refractivity contribution in [2.75, 3.05) is 49.7 Å². The second kappa shape index (κ2) is 10.6. The Morgan fingerprint density at radius 2 is 1.63 bits per heavy atom. The minimum absolute atomic E-state index is 0.102. The minimum Gasteiger partial charge on any atom is -0.384 e. The van der Waals surface area contributed by atoms with Crippen molar-refractivity contribution in [3.63, 3.8) is 0 Å². The number of carbonyl (C=O) groups is 3. The first-order valence-electron chi connectivity index (χ1n) is 11.2. The molecule has 2 aromatic carbocycles. The summed E-state index contributed by atoms with van der Waals surface area (Å²) in [4.78, 5) is 41.4. The van der Waals surface area contributed by atoms with Crippen molar-refractivity contribution < 1.29 is 29.0 Å². The Labute approximate surface area is 201 Å². The summed E-state index contributed by atoms with van der Waals surface area (Å²) < 4.78 is 10.7. The first-order valence-corrected chi connectivity index (χ1v) is 11.2. The number of anilines is 2. The predicted molar refractivity (Wildman–Crippen MR) is 127 cm³/mol. The zero-order chi connectivity index (χ0) is 24.9. The molecule has 0 aromatic heterocycles. The van der Waals surface area contributed by atoms with Gasteiger partial charge in [-0.3, -0.25) is 19.8 Å².